The maximum absolute atomic E-state index is 13.3. The molecule has 0 N–H and O–H groups in total. The van der Waals surface area contributed by atoms with Gasteiger partial charge in [0.25, 0.3) is 5.91 Å². The van der Waals surface area contributed by atoms with E-state index in [4.69, 9.17) is 4.74 Å². The second-order valence-corrected chi connectivity index (χ2v) is 7.78. The summed E-state index contributed by atoms with van der Waals surface area (Å²) in [5, 5.41) is 2.02. The van der Waals surface area contributed by atoms with Crippen LogP contribution in [-0.4, -0.2) is 60.6 Å². The molecule has 1 amide bonds. The molecule has 5 heteroatoms. The van der Waals surface area contributed by atoms with Gasteiger partial charge in [-0.25, -0.2) is 0 Å². The minimum absolute atomic E-state index is 0.00678. The van der Waals surface area contributed by atoms with Crippen molar-refractivity contribution in [1.82, 2.24) is 9.80 Å². The number of likely N-dealkylation sites (N-methyl/N-ethyl adjacent to an activating group) is 1. The molecule has 1 spiro atoms. The number of piperazine rings is 1. The van der Waals surface area contributed by atoms with Gasteiger partial charge in [0, 0.05) is 31.8 Å². The molecule has 4 rings (SSSR count). The van der Waals surface area contributed by atoms with E-state index in [9.17, 15) is 4.79 Å². The third-order valence-electron chi connectivity index (χ3n) is 5.49. The van der Waals surface area contributed by atoms with E-state index >= 15 is 0 Å². The zero-order valence-electron chi connectivity index (χ0n) is 14.6. The molecule has 2 aliphatic rings. The Morgan fingerprint density at radius 2 is 2.08 bits per heavy atom. The van der Waals surface area contributed by atoms with E-state index < -0.39 is 0 Å². The highest BCUT2D eigenvalue weighted by Gasteiger charge is 2.45. The Morgan fingerprint density at radius 1 is 1.24 bits per heavy atom. The van der Waals surface area contributed by atoms with E-state index in [1.54, 1.807) is 11.3 Å². The second-order valence-electron chi connectivity index (χ2n) is 6.86. The molecule has 0 radical (unpaired) electrons. The number of amides is 1. The monoisotopic (exact) mass is 356 g/mol. The number of carbonyl (C=O) groups excluding carboxylic acids is 1. The Morgan fingerprint density at radius 3 is 2.80 bits per heavy atom. The number of nitrogens with zero attached hydrogens (tertiary/aromatic N) is 2. The fraction of sp³-hybridized carbons (Fsp3) is 0.450. The van der Waals surface area contributed by atoms with Crippen molar-refractivity contribution in [3.63, 3.8) is 0 Å². The van der Waals surface area contributed by atoms with Crippen molar-refractivity contribution >= 4 is 17.2 Å². The first-order valence-electron chi connectivity index (χ1n) is 8.98. The molecule has 2 saturated heterocycles. The van der Waals surface area contributed by atoms with E-state index in [1.807, 2.05) is 28.5 Å². The van der Waals surface area contributed by atoms with Crippen LogP contribution >= 0.6 is 11.3 Å². The standard InChI is InChI=1S/C20H24N2O2S/c1-2-22-11-10-21(14-20(22)9-12-24-15-20)19(23)18-17(8-13-25-18)16-6-4-3-5-7-16/h3-8,13H,2,9-12,14-15H2,1H3. The first-order chi connectivity index (χ1) is 12.2. The van der Waals surface area contributed by atoms with E-state index in [2.05, 4.69) is 30.0 Å². The number of hydrogen-bond acceptors (Lipinski definition) is 4. The smallest absolute Gasteiger partial charge is 0.264 e. The maximum Gasteiger partial charge on any atom is 0.264 e. The van der Waals surface area contributed by atoms with E-state index in [1.165, 1.54) is 0 Å². The molecule has 4 nitrogen and oxygen atoms in total. The minimum Gasteiger partial charge on any atom is -0.379 e. The number of carbonyl (C=O) groups is 1. The molecule has 1 unspecified atom stereocenters. The molecule has 2 aromatic rings. The van der Waals surface area contributed by atoms with Gasteiger partial charge in [0.1, 0.15) is 0 Å². The molecule has 25 heavy (non-hydrogen) atoms. The predicted octanol–water partition coefficient (Wildman–Crippen LogP) is 3.35. The van der Waals surface area contributed by atoms with Crippen LogP contribution in [0.1, 0.15) is 23.0 Å². The van der Waals surface area contributed by atoms with Gasteiger partial charge in [-0.1, -0.05) is 37.3 Å². The van der Waals surface area contributed by atoms with Gasteiger partial charge < -0.3 is 9.64 Å². The Hall–Kier alpha value is -1.69. The van der Waals surface area contributed by atoms with Crippen LogP contribution in [0, 0.1) is 0 Å². The third-order valence-corrected chi connectivity index (χ3v) is 6.39. The van der Waals surface area contributed by atoms with Gasteiger partial charge in [0.05, 0.1) is 17.0 Å². The quantitative estimate of drug-likeness (QED) is 0.845. The Balaban J connectivity index is 1.59. The van der Waals surface area contributed by atoms with Gasteiger partial charge in [-0.2, -0.15) is 0 Å². The Labute approximate surface area is 153 Å². The molecular weight excluding hydrogens is 332 g/mol. The molecule has 132 valence electrons. The molecule has 0 bridgehead atoms. The van der Waals surface area contributed by atoms with Gasteiger partial charge in [-0.05, 0) is 30.0 Å². The van der Waals surface area contributed by atoms with Crippen molar-refractivity contribution in [3.8, 4) is 11.1 Å². The summed E-state index contributed by atoms with van der Waals surface area (Å²) in [4.78, 5) is 18.7. The van der Waals surface area contributed by atoms with Gasteiger partial charge in [0.15, 0.2) is 0 Å². The fourth-order valence-electron chi connectivity index (χ4n) is 4.11. The molecule has 3 heterocycles. The van der Waals surface area contributed by atoms with Crippen molar-refractivity contribution in [2.45, 2.75) is 18.9 Å². The summed E-state index contributed by atoms with van der Waals surface area (Å²) < 4.78 is 5.70. The van der Waals surface area contributed by atoms with Crippen LogP contribution in [0.4, 0.5) is 0 Å². The summed E-state index contributed by atoms with van der Waals surface area (Å²) >= 11 is 1.55. The van der Waals surface area contributed by atoms with E-state index in [0.717, 1.165) is 61.8 Å². The predicted molar refractivity (Wildman–Crippen MR) is 101 cm³/mol. The molecular formula is C20H24N2O2S. The summed E-state index contributed by atoms with van der Waals surface area (Å²) in [6.45, 7) is 7.24. The summed E-state index contributed by atoms with van der Waals surface area (Å²) in [7, 11) is 0. The van der Waals surface area contributed by atoms with Crippen LogP contribution in [0.25, 0.3) is 11.1 Å². The van der Waals surface area contributed by atoms with Crippen LogP contribution in [0.3, 0.4) is 0 Å². The van der Waals surface area contributed by atoms with Crippen molar-refractivity contribution in [2.24, 2.45) is 0 Å². The number of rotatable bonds is 3. The zero-order valence-corrected chi connectivity index (χ0v) is 15.4. The molecule has 0 saturated carbocycles. The fourth-order valence-corrected chi connectivity index (χ4v) is 5.00. The lowest BCUT2D eigenvalue weighted by Crippen LogP contribution is -2.63. The van der Waals surface area contributed by atoms with Crippen LogP contribution in [0.15, 0.2) is 41.8 Å². The van der Waals surface area contributed by atoms with Crippen LogP contribution in [-0.2, 0) is 4.74 Å². The summed E-state index contributed by atoms with van der Waals surface area (Å²) in [6, 6.07) is 12.2. The largest absolute Gasteiger partial charge is 0.379 e. The highest BCUT2D eigenvalue weighted by molar-refractivity contribution is 7.12. The topological polar surface area (TPSA) is 32.8 Å². The van der Waals surface area contributed by atoms with Crippen molar-refractivity contribution < 1.29 is 9.53 Å². The number of ether oxygens (including phenoxy) is 1. The summed E-state index contributed by atoms with van der Waals surface area (Å²) in [6.07, 6.45) is 1.01. The lowest BCUT2D eigenvalue weighted by molar-refractivity contribution is -0.00200. The number of hydrogen-bond donors (Lipinski definition) is 0. The molecule has 1 aromatic heterocycles. The van der Waals surface area contributed by atoms with Crippen LogP contribution in [0.5, 0.6) is 0 Å². The summed E-state index contributed by atoms with van der Waals surface area (Å²) in [5.41, 5.74) is 2.16. The lowest BCUT2D eigenvalue weighted by atomic mass is 9.92. The van der Waals surface area contributed by atoms with E-state index in [-0.39, 0.29) is 11.4 Å². The average molecular weight is 356 g/mol. The molecule has 1 atom stereocenters. The first kappa shape index (κ1) is 16.8. The number of thiophene rings is 1. The number of benzene rings is 1. The van der Waals surface area contributed by atoms with Gasteiger partial charge in [-0.15, -0.1) is 11.3 Å². The maximum atomic E-state index is 13.3. The second kappa shape index (κ2) is 6.90. The van der Waals surface area contributed by atoms with Crippen LogP contribution in [0.2, 0.25) is 0 Å². The highest BCUT2D eigenvalue weighted by Crippen LogP contribution is 2.33. The Bertz CT molecular complexity index is 737. The van der Waals surface area contributed by atoms with Crippen LogP contribution < -0.4 is 0 Å². The van der Waals surface area contributed by atoms with Crippen molar-refractivity contribution in [2.75, 3.05) is 39.4 Å². The minimum atomic E-state index is 0.00678. The van der Waals surface area contributed by atoms with Crippen molar-refractivity contribution in [1.29, 1.82) is 0 Å². The Kier molecular flexibility index (Phi) is 4.63. The summed E-state index contributed by atoms with van der Waals surface area (Å²) in [5.74, 6) is 0.163. The molecule has 1 aromatic carbocycles. The lowest BCUT2D eigenvalue weighted by Gasteiger charge is -2.47. The molecule has 2 fully saturated rings. The highest BCUT2D eigenvalue weighted by atomic mass is 32.1. The third kappa shape index (κ3) is 3.01. The van der Waals surface area contributed by atoms with Gasteiger partial charge in [0.2, 0.25) is 0 Å². The van der Waals surface area contributed by atoms with Crippen molar-refractivity contribution in [3.05, 3.63) is 46.7 Å². The van der Waals surface area contributed by atoms with Gasteiger partial charge >= 0.3 is 0 Å². The SMILES string of the molecule is CCN1CCN(C(=O)c2sccc2-c2ccccc2)CC12CCOC2. The molecule has 0 aliphatic carbocycles. The van der Waals surface area contributed by atoms with E-state index in [0.29, 0.717) is 0 Å². The molecule has 2 aliphatic heterocycles. The normalized spacial score (nSPS) is 24.1. The average Bonchev–Trinajstić information content (AvgIpc) is 3.32. The van der Waals surface area contributed by atoms with Gasteiger partial charge in [-0.3, -0.25) is 9.69 Å². The zero-order chi connectivity index (χ0) is 17.3. The first-order valence-corrected chi connectivity index (χ1v) is 9.86.